The number of phenols is 3. The van der Waals surface area contributed by atoms with Crippen molar-refractivity contribution in [3.63, 3.8) is 0 Å². The number of nitrogens with one attached hydrogen (secondary N) is 1. The number of fused-ring (bicyclic) bond motifs is 5. The monoisotopic (exact) mass is 1700 g/mol. The van der Waals surface area contributed by atoms with E-state index in [4.69, 9.17) is 74.2 Å². The number of hydrogen-bond acceptors (Lipinski definition) is 18. The number of urea groups is 2. The van der Waals surface area contributed by atoms with E-state index in [2.05, 4.69) is 43.1 Å². The summed E-state index contributed by atoms with van der Waals surface area (Å²) in [5.74, 6) is 3.91. The van der Waals surface area contributed by atoms with Gasteiger partial charge in [0, 0.05) is 75.6 Å². The maximum atomic E-state index is 11.4. The summed E-state index contributed by atoms with van der Waals surface area (Å²) in [5, 5.41) is 55.4. The highest BCUT2D eigenvalue weighted by atomic mass is 35.5. The van der Waals surface area contributed by atoms with Crippen LogP contribution >= 0.6 is 11.6 Å². The van der Waals surface area contributed by atoms with Crippen molar-refractivity contribution in [2.45, 2.75) is 179 Å². The van der Waals surface area contributed by atoms with Crippen LogP contribution in [0.1, 0.15) is 152 Å². The van der Waals surface area contributed by atoms with Gasteiger partial charge >= 0.3 is 12.1 Å². The molecule has 0 bridgehead atoms. The number of benzene rings is 8. The summed E-state index contributed by atoms with van der Waals surface area (Å²) >= 11 is 5.96. The molecule has 13 rings (SSSR count). The fourth-order valence-electron chi connectivity index (χ4n) is 12.2. The maximum Gasteiger partial charge on any atom is 0.320 e. The van der Waals surface area contributed by atoms with E-state index in [9.17, 15) is 29.1 Å². The normalized spacial score (nSPS) is 11.1. The molecule has 650 valence electrons. The molecule has 1 atom stereocenters. The number of primary amides is 4. The predicted molar refractivity (Wildman–Crippen MR) is 496 cm³/mol. The van der Waals surface area contributed by atoms with Crippen LogP contribution in [0.25, 0.3) is 53.9 Å². The number of carbonyl (C=O) groups is 4. The minimum Gasteiger partial charge on any atom is -0.508 e. The van der Waals surface area contributed by atoms with Gasteiger partial charge in [0.25, 0.3) is 0 Å². The van der Waals surface area contributed by atoms with Crippen molar-refractivity contribution in [1.82, 2.24) is 24.9 Å². The Morgan fingerprint density at radius 1 is 0.435 bits per heavy atom. The highest BCUT2D eigenvalue weighted by molar-refractivity contribution is 6.30. The first kappa shape index (κ1) is 98.8. The van der Waals surface area contributed by atoms with Gasteiger partial charge in [0.05, 0.1) is 43.0 Å². The number of halogens is 1. The summed E-state index contributed by atoms with van der Waals surface area (Å²) in [6.45, 7) is 37.6. The lowest BCUT2D eigenvalue weighted by atomic mass is 10.0. The van der Waals surface area contributed by atoms with E-state index in [0.717, 1.165) is 128 Å². The van der Waals surface area contributed by atoms with Gasteiger partial charge in [-0.1, -0.05) is 71.8 Å². The number of amides is 6. The lowest BCUT2D eigenvalue weighted by molar-refractivity contribution is -0.118. The molecule has 0 saturated heterocycles. The van der Waals surface area contributed by atoms with E-state index in [1.807, 2.05) is 247 Å². The molecule has 0 aliphatic rings. The summed E-state index contributed by atoms with van der Waals surface area (Å²) in [6, 6.07) is 61.8. The van der Waals surface area contributed by atoms with Crippen molar-refractivity contribution in [1.29, 1.82) is 10.5 Å². The van der Waals surface area contributed by atoms with Crippen molar-refractivity contribution in [2.75, 3.05) is 23.9 Å². The number of aromatic nitrogens is 5. The second-order valence-corrected chi connectivity index (χ2v) is 33.7. The largest absolute Gasteiger partial charge is 0.508 e. The zero-order valence-corrected chi connectivity index (χ0v) is 75.2. The van der Waals surface area contributed by atoms with Crippen LogP contribution < -0.4 is 57.2 Å². The van der Waals surface area contributed by atoms with Gasteiger partial charge in [0.1, 0.15) is 79.4 Å². The molecule has 8 aromatic carbocycles. The first-order valence-electron chi connectivity index (χ1n) is 39.8. The minimum atomic E-state index is -0.573. The van der Waals surface area contributed by atoms with Gasteiger partial charge < -0.3 is 62.2 Å². The summed E-state index contributed by atoms with van der Waals surface area (Å²) in [5.41, 5.74) is 28.4. The summed E-state index contributed by atoms with van der Waals surface area (Å²) in [7, 11) is 3.17. The van der Waals surface area contributed by atoms with Gasteiger partial charge in [-0.3, -0.25) is 29.2 Å². The van der Waals surface area contributed by atoms with E-state index >= 15 is 0 Å². The molecule has 25 nitrogen and oxygen atoms in total. The smallest absolute Gasteiger partial charge is 0.320 e. The number of nitrogens with zero attached hydrogens (tertiary/aromatic N) is 8. The third kappa shape index (κ3) is 32.8. The Morgan fingerprint density at radius 2 is 0.798 bits per heavy atom. The van der Waals surface area contributed by atoms with E-state index in [-0.39, 0.29) is 69.9 Å². The average molecular weight is 1700 g/mol. The molecule has 0 fully saturated rings. The fourth-order valence-corrected chi connectivity index (χ4v) is 12.4. The Morgan fingerprint density at radius 3 is 1.23 bits per heavy atom. The summed E-state index contributed by atoms with van der Waals surface area (Å²) < 4.78 is 23.2. The van der Waals surface area contributed by atoms with Gasteiger partial charge in [-0.25, -0.2) is 24.5 Å². The standard InChI is InChI=1S/C17H20N2O.C14H16ClNO.C14H17NO2.C13H15N3O.C12H13N3O2.C12H17NO2.C8H9NO2.C8H7NO/c1-11(10-18)16-9-13-8-14(20-17(3,4)5)6-7-15(13)12(2)19-16;1-9-12-6-5-11(17-14(2,3)4)7-10(12)8-13(15)16-9;1-9-12-6-5-11(17-14(2,3)4)7-10(12)8-13(16)15-9;1-8-4-5-11-9(2)15-12(7-10(11)6-8)16(3)13(14)17;1-7-10-4-3-9(16)5-8(10)6-11(14-7)15(2)12(13)17;1-12(2,3)15-10-6-4-5-9(7-10)8-11(13)14;9-8(11)5-6-2-1-3-7(10)4-6;9-5-4-7-2-1-3-8(10)6-7/h6-9,11H,1-5H3;5-8H,1-4H3;5-8H,1-4H3,(H,15,16);4-7H,1-3H3,(H2,14,17);3-6,16H,1-2H3,(H2,13,17);4-7H,8H2,1-3H3,(H2,13,14);1-4,10H,5H2,(H2,9,11);1-3,6,10H,4H2. The van der Waals surface area contributed by atoms with Crippen molar-refractivity contribution in [2.24, 2.45) is 22.9 Å². The zero-order chi connectivity index (χ0) is 92.5. The number of nitriles is 2. The van der Waals surface area contributed by atoms with Crippen LogP contribution in [0.15, 0.2) is 199 Å². The minimum absolute atomic E-state index is 0.0806. The molecule has 0 aliphatic carbocycles. The topological polar surface area (TPSA) is 408 Å². The molecule has 1 unspecified atom stereocenters. The van der Waals surface area contributed by atoms with Crippen LogP contribution in [0.4, 0.5) is 21.2 Å². The summed E-state index contributed by atoms with van der Waals surface area (Å²) in [4.78, 5) is 77.6. The van der Waals surface area contributed by atoms with Crippen molar-refractivity contribution in [3.8, 4) is 52.4 Å². The highest BCUT2D eigenvalue weighted by Crippen LogP contribution is 2.33. The molecule has 5 heterocycles. The Bertz CT molecular complexity index is 5990. The molecule has 5 aromatic heterocycles. The molecule has 124 heavy (non-hydrogen) atoms. The maximum absolute atomic E-state index is 11.4. The summed E-state index contributed by atoms with van der Waals surface area (Å²) in [6.07, 6.45) is 0.782. The third-order valence-corrected chi connectivity index (χ3v) is 17.8. The molecule has 0 aliphatic heterocycles. The Hall–Kier alpha value is -14.0. The molecule has 12 N–H and O–H groups in total. The van der Waals surface area contributed by atoms with Crippen LogP contribution in [-0.4, -0.2) is 101 Å². The number of H-pyrrole nitrogens is 1. The first-order chi connectivity index (χ1) is 57.8. The van der Waals surface area contributed by atoms with Gasteiger partial charge in [0.15, 0.2) is 0 Å². The van der Waals surface area contributed by atoms with Gasteiger partial charge in [0.2, 0.25) is 17.4 Å². The van der Waals surface area contributed by atoms with Gasteiger partial charge in [-0.05, 0) is 309 Å². The van der Waals surface area contributed by atoms with Crippen LogP contribution in [0.2, 0.25) is 5.15 Å². The number of aromatic amines is 1. The molecule has 13 aromatic rings. The van der Waals surface area contributed by atoms with E-state index in [1.165, 1.54) is 21.4 Å². The Kier molecular flexibility index (Phi) is 35.0. The quantitative estimate of drug-likeness (QED) is 0.0527. The van der Waals surface area contributed by atoms with Gasteiger partial charge in [-0.15, -0.1) is 0 Å². The number of rotatable bonds is 12. The molecular weight excluding hydrogens is 1590 g/mol. The van der Waals surface area contributed by atoms with E-state index in [0.29, 0.717) is 23.2 Å². The van der Waals surface area contributed by atoms with Crippen molar-refractivity contribution < 1.29 is 53.4 Å². The first-order valence-corrected chi connectivity index (χ1v) is 40.1. The van der Waals surface area contributed by atoms with Crippen LogP contribution in [0.3, 0.4) is 0 Å². The predicted octanol–water partition coefficient (Wildman–Crippen LogP) is 19.6. The SMILES string of the molecule is CC(C)(C)Oc1cccc(CC(N)=O)c1.Cc1[nH]c(=O)cc2cc(OC(C)(C)C)ccc12.Cc1ccc2c(C)nc(N(C)C(N)=O)cc2c1.Cc1nc(C(C)C#N)cc2cc(OC(C)(C)C)ccc12.Cc1nc(Cl)cc2cc(OC(C)(C)C)ccc12.Cc1nc(N(C)C(N)=O)cc2cc(O)ccc12.N#CCc1cccc(O)c1.NC(=O)Cc1cccc(O)c1. The Balaban J connectivity index is 0.000000221. The number of pyridine rings is 5. The molecule has 0 saturated carbocycles. The molecule has 26 heteroatoms. The van der Waals surface area contributed by atoms with Crippen molar-refractivity contribution in [3.05, 3.63) is 266 Å². The number of nitrogens with two attached hydrogens (primary N) is 4. The number of anilines is 2. The number of hydrogen-bond donors (Lipinski definition) is 8. The van der Waals surface area contributed by atoms with Crippen molar-refractivity contribution >= 4 is 101 Å². The zero-order valence-electron chi connectivity index (χ0n) is 74.5. The third-order valence-electron chi connectivity index (χ3n) is 17.6. The number of carbonyl (C=O) groups excluding carboxylic acids is 4. The fraction of sp³-hybridized carbons (Fsp3) is 0.296. The highest BCUT2D eigenvalue weighted by Gasteiger charge is 2.19. The molecular formula is C98H114ClN13O12. The number of aryl methyl sites for hydroxylation is 6. The lowest BCUT2D eigenvalue weighted by Crippen LogP contribution is -2.32. The molecule has 0 spiro atoms. The van der Waals surface area contributed by atoms with Crippen LogP contribution in [0, 0.1) is 64.2 Å². The number of ether oxygens (including phenoxy) is 4. The second kappa shape index (κ2) is 44.0. The molecule has 6 amide bonds. The van der Waals surface area contributed by atoms with Gasteiger partial charge in [-0.2, -0.15) is 10.5 Å². The molecule has 0 radical (unpaired) electrons. The van der Waals surface area contributed by atoms with E-state index in [1.54, 1.807) is 80.8 Å². The lowest BCUT2D eigenvalue weighted by Gasteiger charge is -2.21. The van der Waals surface area contributed by atoms with Crippen LogP contribution in [-0.2, 0) is 28.9 Å². The average Bonchev–Trinajstić information content (AvgIpc) is 0.812. The number of phenolic OH excluding ortho intramolecular Hbond substituents is 3. The van der Waals surface area contributed by atoms with E-state index < -0.39 is 18.0 Å². The number of aromatic hydroxyl groups is 3. The van der Waals surface area contributed by atoms with Crippen LogP contribution in [0.5, 0.6) is 40.2 Å². The Labute approximate surface area is 730 Å². The second-order valence-electron chi connectivity index (χ2n) is 33.3.